The minimum absolute atomic E-state index is 0.0525. The second-order valence-corrected chi connectivity index (χ2v) is 19.0. The molecule has 0 aliphatic heterocycles. The molecule has 2 unspecified atom stereocenters. The van der Waals surface area contributed by atoms with Crippen molar-refractivity contribution in [2.45, 2.75) is 187 Å². The maximum absolute atomic E-state index is 12.7. The van der Waals surface area contributed by atoms with E-state index in [1.807, 2.05) is 54.7 Å². The van der Waals surface area contributed by atoms with Crippen molar-refractivity contribution in [3.05, 3.63) is 72.9 Å². The van der Waals surface area contributed by atoms with Gasteiger partial charge < -0.3 is 34.4 Å². The molecule has 4 atom stereocenters. The van der Waals surface area contributed by atoms with Crippen LogP contribution in [0, 0.1) is 5.92 Å². The Labute approximate surface area is 385 Å². The molecule has 0 fully saturated rings. The molecular formula is C48H84O14P2. The fourth-order valence-electron chi connectivity index (χ4n) is 6.05. The number of hydrogen-bond acceptors (Lipinski definition) is 11. The molecule has 64 heavy (non-hydrogen) atoms. The second-order valence-electron chi connectivity index (χ2n) is 16.3. The van der Waals surface area contributed by atoms with Gasteiger partial charge in [-0.25, -0.2) is 9.13 Å². The van der Waals surface area contributed by atoms with Gasteiger partial charge in [-0.15, -0.1) is 0 Å². The average Bonchev–Trinajstić information content (AvgIpc) is 3.24. The van der Waals surface area contributed by atoms with Crippen LogP contribution >= 0.6 is 15.6 Å². The minimum Gasteiger partial charge on any atom is -0.462 e. The number of hydrogen-bond donors (Lipinski definition) is 5. The highest BCUT2D eigenvalue weighted by Gasteiger charge is 2.28. The molecule has 0 aromatic carbocycles. The zero-order chi connectivity index (χ0) is 47.6. The molecule has 0 amide bonds. The molecule has 0 bridgehead atoms. The summed E-state index contributed by atoms with van der Waals surface area (Å²) < 4.78 is 47.8. The third kappa shape index (κ3) is 46.1. The Morgan fingerprint density at radius 1 is 0.562 bits per heavy atom. The van der Waals surface area contributed by atoms with E-state index in [-0.39, 0.29) is 12.8 Å². The molecule has 0 spiro atoms. The number of rotatable bonds is 43. The van der Waals surface area contributed by atoms with E-state index in [0.717, 1.165) is 50.9 Å². The van der Waals surface area contributed by atoms with E-state index < -0.39 is 72.3 Å². The molecule has 370 valence electrons. The van der Waals surface area contributed by atoms with Crippen molar-refractivity contribution in [3.8, 4) is 0 Å². The van der Waals surface area contributed by atoms with E-state index in [2.05, 4.69) is 42.0 Å². The van der Waals surface area contributed by atoms with Crippen LogP contribution in [-0.2, 0) is 41.8 Å². The summed E-state index contributed by atoms with van der Waals surface area (Å²) in [5.74, 6) is -0.349. The van der Waals surface area contributed by atoms with E-state index in [4.69, 9.17) is 23.8 Å². The topological polar surface area (TPSA) is 216 Å². The quantitative estimate of drug-likeness (QED) is 0.0126. The number of aliphatic hydroxyl groups excluding tert-OH is 2. The van der Waals surface area contributed by atoms with Gasteiger partial charge in [-0.1, -0.05) is 184 Å². The zero-order valence-electron chi connectivity index (χ0n) is 39.1. The number of esters is 2. The Bertz CT molecular complexity index is 1430. The number of ether oxygens (including phenoxy) is 2. The summed E-state index contributed by atoms with van der Waals surface area (Å²) in [6.45, 7) is 3.79. The van der Waals surface area contributed by atoms with E-state index in [1.54, 1.807) is 6.08 Å². The van der Waals surface area contributed by atoms with Crippen molar-refractivity contribution in [2.75, 3.05) is 26.4 Å². The fourth-order valence-corrected chi connectivity index (χ4v) is 7.21. The lowest BCUT2D eigenvalue weighted by Gasteiger charge is -2.20. The molecule has 16 heteroatoms. The third-order valence-corrected chi connectivity index (χ3v) is 11.1. The molecular weight excluding hydrogens is 862 g/mol. The highest BCUT2D eigenvalue weighted by molar-refractivity contribution is 7.47. The van der Waals surface area contributed by atoms with Crippen LogP contribution in [0.5, 0.6) is 0 Å². The van der Waals surface area contributed by atoms with E-state index in [9.17, 15) is 33.8 Å². The Morgan fingerprint density at radius 2 is 1.08 bits per heavy atom. The SMILES string of the molecule is CC/C=C\CC(O)/C=C/C=C/C/C=C\C/C=C\C/C=C\CCC(=O)OC[C@H](COP(=O)(O)OC[C@@H](O)COP(=O)(O)O)OC(=O)CCCCCCCCCCCCCCCCC(C)C. The third-order valence-electron chi connectivity index (χ3n) is 9.62. The van der Waals surface area contributed by atoms with Gasteiger partial charge in [0, 0.05) is 12.8 Å². The first kappa shape index (κ1) is 61.5. The number of phosphoric ester groups is 2. The van der Waals surface area contributed by atoms with E-state index in [1.165, 1.54) is 64.2 Å². The van der Waals surface area contributed by atoms with Crippen LogP contribution in [0.15, 0.2) is 72.9 Å². The Balaban J connectivity index is 4.61. The minimum atomic E-state index is -4.88. The first-order valence-electron chi connectivity index (χ1n) is 23.6. The molecule has 5 N–H and O–H groups in total. The van der Waals surface area contributed by atoms with Crippen LogP contribution in [0.3, 0.4) is 0 Å². The fraction of sp³-hybridized carbons (Fsp3) is 0.708. The summed E-state index contributed by atoms with van der Waals surface area (Å²) >= 11 is 0. The Hall–Kier alpha value is -2.48. The summed E-state index contributed by atoms with van der Waals surface area (Å²) in [7, 11) is -9.72. The number of carbonyl (C=O) groups is 2. The predicted octanol–water partition coefficient (Wildman–Crippen LogP) is 11.4. The summed E-state index contributed by atoms with van der Waals surface area (Å²) in [5, 5.41) is 19.6. The largest absolute Gasteiger partial charge is 0.472 e. The van der Waals surface area contributed by atoms with Gasteiger partial charge in [0.15, 0.2) is 6.10 Å². The van der Waals surface area contributed by atoms with Crippen molar-refractivity contribution < 1.29 is 66.7 Å². The first-order valence-corrected chi connectivity index (χ1v) is 26.6. The molecule has 0 aromatic heterocycles. The van der Waals surface area contributed by atoms with Crippen molar-refractivity contribution in [1.82, 2.24) is 0 Å². The van der Waals surface area contributed by atoms with Crippen LogP contribution in [0.1, 0.15) is 168 Å². The van der Waals surface area contributed by atoms with Crippen molar-refractivity contribution in [3.63, 3.8) is 0 Å². The molecule has 0 radical (unpaired) electrons. The first-order chi connectivity index (χ1) is 30.6. The Kier molecular flexibility index (Phi) is 40.3. The Morgan fingerprint density at radius 3 is 1.64 bits per heavy atom. The van der Waals surface area contributed by atoms with Crippen molar-refractivity contribution in [2.24, 2.45) is 5.92 Å². The van der Waals surface area contributed by atoms with Crippen LogP contribution in [0.25, 0.3) is 0 Å². The lowest BCUT2D eigenvalue weighted by molar-refractivity contribution is -0.161. The van der Waals surface area contributed by atoms with Crippen molar-refractivity contribution >= 4 is 27.6 Å². The van der Waals surface area contributed by atoms with Crippen LogP contribution < -0.4 is 0 Å². The molecule has 0 rings (SSSR count). The maximum atomic E-state index is 12.7. The highest BCUT2D eigenvalue weighted by atomic mass is 31.2. The van der Waals surface area contributed by atoms with Gasteiger partial charge in [0.25, 0.3) is 0 Å². The summed E-state index contributed by atoms with van der Waals surface area (Å²) in [6, 6.07) is 0. The molecule has 14 nitrogen and oxygen atoms in total. The number of aliphatic hydroxyl groups is 2. The number of allylic oxidation sites excluding steroid dienone is 10. The smallest absolute Gasteiger partial charge is 0.462 e. The number of carbonyl (C=O) groups excluding carboxylic acids is 2. The van der Waals surface area contributed by atoms with Crippen LogP contribution in [-0.4, -0.2) is 81.6 Å². The van der Waals surface area contributed by atoms with E-state index in [0.29, 0.717) is 25.7 Å². The molecule has 0 aliphatic rings. The predicted molar refractivity (Wildman–Crippen MR) is 254 cm³/mol. The molecule has 0 heterocycles. The van der Waals surface area contributed by atoms with Gasteiger partial charge in [0.2, 0.25) is 0 Å². The normalized spacial score (nSPS) is 15.1. The van der Waals surface area contributed by atoms with Gasteiger partial charge in [-0.2, -0.15) is 0 Å². The van der Waals surface area contributed by atoms with E-state index >= 15 is 0 Å². The van der Waals surface area contributed by atoms with Gasteiger partial charge in [0.05, 0.1) is 25.9 Å². The molecule has 0 aromatic rings. The highest BCUT2D eigenvalue weighted by Crippen LogP contribution is 2.43. The van der Waals surface area contributed by atoms with Crippen LogP contribution in [0.4, 0.5) is 0 Å². The van der Waals surface area contributed by atoms with Gasteiger partial charge in [0.1, 0.15) is 12.7 Å². The van der Waals surface area contributed by atoms with Gasteiger partial charge in [-0.05, 0) is 50.9 Å². The number of unbranched alkanes of at least 4 members (excludes halogenated alkanes) is 13. The summed E-state index contributed by atoms with van der Waals surface area (Å²) in [5.41, 5.74) is 0. The second kappa shape index (κ2) is 41.9. The maximum Gasteiger partial charge on any atom is 0.472 e. The lowest BCUT2D eigenvalue weighted by atomic mass is 10.0. The molecule has 0 saturated heterocycles. The van der Waals surface area contributed by atoms with Gasteiger partial charge in [-0.3, -0.25) is 23.2 Å². The molecule has 0 aliphatic carbocycles. The summed E-state index contributed by atoms with van der Waals surface area (Å²) in [4.78, 5) is 52.8. The lowest BCUT2D eigenvalue weighted by Crippen LogP contribution is -2.29. The van der Waals surface area contributed by atoms with Crippen molar-refractivity contribution in [1.29, 1.82) is 0 Å². The van der Waals surface area contributed by atoms with Gasteiger partial charge >= 0.3 is 27.6 Å². The monoisotopic (exact) mass is 947 g/mol. The molecule has 0 saturated carbocycles. The standard InChI is InChI=1S/C48H84O14P2/c1-4-5-29-35-44(49)36-31-26-22-18-14-10-8-12-15-19-23-27-32-37-47(51)58-41-46(42-61-64(56,57)60-40-45(50)39-59-63(53,54)55)62-48(52)38-33-28-24-20-16-11-7-6-9-13-17-21-25-30-34-43(2)3/h5,10,12,14-15,22-23,26-27,29,31,36,43-46,49-50H,4,6-9,11,13,16-21,24-25,28,30,32-35,37-42H2,1-3H3,(H,56,57)(H2,53,54,55)/b14-10-,15-12-,26-22+,27-23-,29-5-,36-31+/t44?,45-,46+/m0/s1. The van der Waals surface area contributed by atoms with Crippen LogP contribution in [0.2, 0.25) is 0 Å². The average molecular weight is 947 g/mol. The number of phosphoric acid groups is 2. The zero-order valence-corrected chi connectivity index (χ0v) is 40.9. The summed E-state index contributed by atoms with van der Waals surface area (Å²) in [6.07, 6.45) is 42.4.